The van der Waals surface area contributed by atoms with E-state index in [-0.39, 0.29) is 22.6 Å². The summed E-state index contributed by atoms with van der Waals surface area (Å²) in [7, 11) is 0. The largest absolute Gasteiger partial charge is 0.507 e. The van der Waals surface area contributed by atoms with Crippen LogP contribution in [0.2, 0.25) is 0 Å². The fourth-order valence-corrected chi connectivity index (χ4v) is 9.18. The van der Waals surface area contributed by atoms with Crippen molar-refractivity contribution in [3.05, 3.63) is 191 Å². The lowest BCUT2D eigenvalue weighted by Gasteiger charge is -2.22. The highest BCUT2D eigenvalue weighted by Crippen LogP contribution is 2.43. The average Bonchev–Trinajstić information content (AvgIpc) is 3.71. The van der Waals surface area contributed by atoms with Crippen LogP contribution in [-0.2, 0) is 5.41 Å². The van der Waals surface area contributed by atoms with Crippen LogP contribution in [0.5, 0.6) is 5.75 Å². The zero-order valence-electron chi connectivity index (χ0n) is 42.9. The number of fused-ring (bicyclic) bond motifs is 1. The summed E-state index contributed by atoms with van der Waals surface area (Å²) in [6.45, 7) is 15.9. The van der Waals surface area contributed by atoms with Crippen molar-refractivity contribution in [3.63, 3.8) is 0 Å². The van der Waals surface area contributed by atoms with Gasteiger partial charge in [-0.3, -0.25) is 9.55 Å². The minimum Gasteiger partial charge on any atom is -0.507 e. The zero-order valence-corrected chi connectivity index (χ0v) is 38.9. The molecule has 65 heavy (non-hydrogen) atoms. The SMILES string of the molecule is [2H]C([2H])([2H])c1cc(-c2c(C(C)C)cccc2C([2H])(C)C)ccc1-n1c(-c2cc(C)cc(C)c2O)nc2c(-c3cc(-c4cc(-c5ccc(-c6ccccc6)cc5)ccn4)cc(C(C)(C)C)c3)cccc21. The molecule has 4 heteroatoms. The first-order chi connectivity index (χ1) is 32.7. The van der Waals surface area contributed by atoms with Crippen molar-refractivity contribution in [2.24, 2.45) is 0 Å². The minimum absolute atomic E-state index is 0.0802. The van der Waals surface area contributed by atoms with Crippen LogP contribution in [0.3, 0.4) is 0 Å². The molecule has 0 saturated carbocycles. The van der Waals surface area contributed by atoms with E-state index in [1.54, 1.807) is 6.07 Å². The molecule has 0 bridgehead atoms. The first kappa shape index (κ1) is 38.4. The number of phenols is 1. The summed E-state index contributed by atoms with van der Waals surface area (Å²) >= 11 is 0. The third-order valence-corrected chi connectivity index (χ3v) is 12.6. The summed E-state index contributed by atoms with van der Waals surface area (Å²) in [5.74, 6) is -0.308. The molecule has 0 spiro atoms. The van der Waals surface area contributed by atoms with Crippen molar-refractivity contribution in [1.82, 2.24) is 14.5 Å². The van der Waals surface area contributed by atoms with Gasteiger partial charge in [-0.25, -0.2) is 4.98 Å². The normalized spacial score (nSPS) is 13.1. The molecule has 324 valence electrons. The minimum atomic E-state index is -2.55. The molecule has 4 nitrogen and oxygen atoms in total. The highest BCUT2D eigenvalue weighted by atomic mass is 16.3. The smallest absolute Gasteiger partial charge is 0.149 e. The fraction of sp³-hybridized carbons (Fsp3) is 0.213. The number of hydrogen-bond acceptors (Lipinski definition) is 3. The van der Waals surface area contributed by atoms with Crippen molar-refractivity contribution in [2.45, 2.75) is 86.4 Å². The molecule has 0 aliphatic carbocycles. The number of phenolic OH excluding ortho intramolecular Hbond substituents is 1. The molecule has 0 saturated heterocycles. The van der Waals surface area contributed by atoms with Gasteiger partial charge in [-0.05, 0) is 159 Å². The number of hydrogen-bond donors (Lipinski definition) is 1. The van der Waals surface area contributed by atoms with Crippen molar-refractivity contribution in [3.8, 4) is 78.6 Å². The van der Waals surface area contributed by atoms with Crippen LogP contribution in [0.1, 0.15) is 99.1 Å². The van der Waals surface area contributed by atoms with E-state index in [1.807, 2.05) is 99.1 Å². The van der Waals surface area contributed by atoms with Crippen LogP contribution in [-0.4, -0.2) is 19.6 Å². The first-order valence-electron chi connectivity index (χ1n) is 24.6. The van der Waals surface area contributed by atoms with Gasteiger partial charge in [-0.15, -0.1) is 0 Å². The number of nitrogens with zero attached hydrogens (tertiary/aromatic N) is 3. The molecular weight excluding hydrogens is 791 g/mol. The Morgan fingerprint density at radius 1 is 0.600 bits per heavy atom. The van der Waals surface area contributed by atoms with E-state index >= 15 is 0 Å². The van der Waals surface area contributed by atoms with Crippen LogP contribution in [0.25, 0.3) is 83.9 Å². The predicted octanol–water partition coefficient (Wildman–Crippen LogP) is 16.6. The Morgan fingerprint density at radius 3 is 1.98 bits per heavy atom. The number of imidazole rings is 1. The number of rotatable bonds is 9. The molecule has 0 aliphatic rings. The van der Waals surface area contributed by atoms with Crippen molar-refractivity contribution < 1.29 is 10.6 Å². The predicted molar refractivity (Wildman–Crippen MR) is 274 cm³/mol. The van der Waals surface area contributed by atoms with E-state index in [0.29, 0.717) is 33.7 Å². The lowest BCUT2D eigenvalue weighted by atomic mass is 9.83. The van der Waals surface area contributed by atoms with Crippen molar-refractivity contribution in [1.29, 1.82) is 0 Å². The second-order valence-electron chi connectivity index (χ2n) is 19.0. The van der Waals surface area contributed by atoms with Gasteiger partial charge >= 0.3 is 0 Å². The van der Waals surface area contributed by atoms with Crippen molar-refractivity contribution >= 4 is 11.0 Å². The van der Waals surface area contributed by atoms with Gasteiger partial charge in [-0.1, -0.05) is 152 Å². The van der Waals surface area contributed by atoms with Crippen LogP contribution >= 0.6 is 0 Å². The van der Waals surface area contributed by atoms with E-state index in [4.69, 9.17) is 15.5 Å². The number of aromatic hydroxyl groups is 1. The molecule has 0 fully saturated rings. The zero-order chi connectivity index (χ0) is 49.2. The lowest BCUT2D eigenvalue weighted by molar-refractivity contribution is 0.472. The lowest BCUT2D eigenvalue weighted by Crippen LogP contribution is -2.11. The summed E-state index contributed by atoms with van der Waals surface area (Å²) in [6, 6.07) is 51.3. The molecule has 9 rings (SSSR count). The van der Waals surface area contributed by atoms with Gasteiger partial charge in [0.15, 0.2) is 0 Å². The second kappa shape index (κ2) is 17.2. The molecule has 7 aromatic carbocycles. The quantitative estimate of drug-likeness (QED) is 0.157. The molecule has 0 unspecified atom stereocenters. The molecule has 0 atom stereocenters. The van der Waals surface area contributed by atoms with Gasteiger partial charge in [0.25, 0.3) is 0 Å². The molecule has 0 amide bonds. The van der Waals surface area contributed by atoms with Crippen LogP contribution in [0.4, 0.5) is 0 Å². The number of aryl methyl sites for hydroxylation is 3. The standard InChI is InChI=1S/C61H59N3O/c1-37(2)50-18-14-19-51(38(3)4)57(50)46-26-27-55(40(6)32-46)64-56-21-15-20-52(58(56)63-60(64)53-31-39(5)30-41(7)59(53)65)47-33-48(35-49(34-47)61(8,9)10)54-36-45(28-29-62-54)44-24-22-43(23-25-44)42-16-12-11-13-17-42/h11-38,65H,1-10H3/i6D3,37D. The molecular formula is C61H59N3O. The van der Waals surface area contributed by atoms with E-state index in [0.717, 1.165) is 72.5 Å². The summed E-state index contributed by atoms with van der Waals surface area (Å²) in [5, 5.41) is 11.8. The van der Waals surface area contributed by atoms with Gasteiger partial charge in [0.1, 0.15) is 11.6 Å². The van der Waals surface area contributed by atoms with Crippen LogP contribution in [0.15, 0.2) is 158 Å². The number of benzene rings is 7. The Hall–Kier alpha value is -7.04. The molecule has 1 N–H and O–H groups in total. The number of pyridine rings is 1. The summed E-state index contributed by atoms with van der Waals surface area (Å²) in [6.07, 6.45) is 1.87. The first-order valence-corrected chi connectivity index (χ1v) is 22.6. The summed E-state index contributed by atoms with van der Waals surface area (Å²) in [5.41, 5.74) is 16.5. The molecule has 0 radical (unpaired) electrons. The van der Waals surface area contributed by atoms with E-state index < -0.39 is 12.7 Å². The van der Waals surface area contributed by atoms with E-state index in [9.17, 15) is 5.11 Å². The monoisotopic (exact) mass is 853 g/mol. The van der Waals surface area contributed by atoms with Gasteiger partial charge < -0.3 is 5.11 Å². The fourth-order valence-electron chi connectivity index (χ4n) is 9.18. The van der Waals surface area contributed by atoms with Gasteiger partial charge in [-0.2, -0.15) is 0 Å². The Kier molecular flexibility index (Phi) is 10.1. The molecule has 9 aromatic rings. The number of para-hydroxylation sites is 1. The Labute approximate surface area is 391 Å². The third kappa shape index (κ3) is 8.30. The maximum absolute atomic E-state index is 11.8. The molecule has 2 aromatic heterocycles. The summed E-state index contributed by atoms with van der Waals surface area (Å²) < 4.78 is 38.2. The third-order valence-electron chi connectivity index (χ3n) is 12.6. The molecule has 0 aliphatic heterocycles. The van der Waals surface area contributed by atoms with Gasteiger partial charge in [0.2, 0.25) is 0 Å². The van der Waals surface area contributed by atoms with Gasteiger partial charge in [0, 0.05) is 22.8 Å². The van der Waals surface area contributed by atoms with E-state index in [1.165, 1.54) is 5.56 Å². The maximum Gasteiger partial charge on any atom is 0.149 e. The highest BCUT2D eigenvalue weighted by molar-refractivity contribution is 5.97. The van der Waals surface area contributed by atoms with E-state index in [2.05, 4.69) is 120 Å². The highest BCUT2D eigenvalue weighted by Gasteiger charge is 2.25. The second-order valence-corrected chi connectivity index (χ2v) is 19.0. The van der Waals surface area contributed by atoms with Gasteiger partial charge in [0.05, 0.1) is 28.0 Å². The Balaban J connectivity index is 1.26. The Bertz CT molecular complexity index is 3390. The summed E-state index contributed by atoms with van der Waals surface area (Å²) in [4.78, 5) is 10.4. The van der Waals surface area contributed by atoms with Crippen molar-refractivity contribution in [2.75, 3.05) is 0 Å². The molecule has 2 heterocycles. The topological polar surface area (TPSA) is 50.9 Å². The van der Waals surface area contributed by atoms with Crippen LogP contribution < -0.4 is 0 Å². The average molecular weight is 854 g/mol. The number of aromatic nitrogens is 3. The maximum atomic E-state index is 11.8. The van der Waals surface area contributed by atoms with Crippen LogP contribution in [0, 0.1) is 20.7 Å². The Morgan fingerprint density at radius 2 is 1.28 bits per heavy atom.